The van der Waals surface area contributed by atoms with Crippen LogP contribution in [0.15, 0.2) is 30.3 Å². The van der Waals surface area contributed by atoms with Crippen LogP contribution in [0.25, 0.3) is 11.3 Å². The molecule has 1 heterocycles. The third kappa shape index (κ3) is 2.76. The van der Waals surface area contributed by atoms with Crippen LogP contribution in [-0.4, -0.2) is 4.98 Å². The molecular formula is C13H7Cl3N2. The maximum absolute atomic E-state index is 8.81. The van der Waals surface area contributed by atoms with Gasteiger partial charge in [-0.15, -0.1) is 0 Å². The fourth-order valence-corrected chi connectivity index (χ4v) is 2.13. The Morgan fingerprint density at radius 2 is 1.89 bits per heavy atom. The Hall–Kier alpha value is -1.27. The second-order valence-corrected chi connectivity index (χ2v) is 4.83. The highest BCUT2D eigenvalue weighted by molar-refractivity contribution is 6.35. The fourth-order valence-electron chi connectivity index (χ4n) is 1.60. The normalized spacial score (nSPS) is 10.1. The summed E-state index contributed by atoms with van der Waals surface area (Å²) in [5.74, 6) is 0. The maximum atomic E-state index is 8.81. The van der Waals surface area contributed by atoms with Gasteiger partial charge in [-0.1, -0.05) is 40.9 Å². The Balaban J connectivity index is 2.65. The van der Waals surface area contributed by atoms with Crippen molar-refractivity contribution in [3.63, 3.8) is 0 Å². The number of nitrogens with zero attached hydrogens (tertiary/aromatic N) is 2. The minimum absolute atomic E-state index is 0.238. The minimum atomic E-state index is 0.238. The lowest BCUT2D eigenvalue weighted by atomic mass is 10.0. The van der Waals surface area contributed by atoms with Crippen LogP contribution < -0.4 is 0 Å². The molecule has 0 bridgehead atoms. The van der Waals surface area contributed by atoms with Crippen LogP contribution in [-0.2, 0) is 6.42 Å². The average Bonchev–Trinajstić information content (AvgIpc) is 2.35. The van der Waals surface area contributed by atoms with E-state index >= 15 is 0 Å². The smallest absolute Gasteiger partial charge is 0.129 e. The molecule has 0 fully saturated rings. The quantitative estimate of drug-likeness (QED) is 0.748. The van der Waals surface area contributed by atoms with Crippen molar-refractivity contribution in [1.29, 1.82) is 5.26 Å². The van der Waals surface area contributed by atoms with E-state index in [0.717, 1.165) is 5.56 Å². The molecule has 0 atom stereocenters. The van der Waals surface area contributed by atoms with Crippen LogP contribution in [0.3, 0.4) is 0 Å². The molecule has 1 aromatic heterocycles. The number of benzene rings is 1. The van der Waals surface area contributed by atoms with Crippen molar-refractivity contribution in [3.05, 3.63) is 51.1 Å². The van der Waals surface area contributed by atoms with Crippen molar-refractivity contribution in [1.82, 2.24) is 4.98 Å². The summed E-state index contributed by atoms with van der Waals surface area (Å²) in [5.41, 5.74) is 2.04. The van der Waals surface area contributed by atoms with Crippen molar-refractivity contribution in [3.8, 4) is 17.3 Å². The molecule has 0 spiro atoms. The van der Waals surface area contributed by atoms with Crippen LogP contribution >= 0.6 is 34.8 Å². The van der Waals surface area contributed by atoms with Crippen molar-refractivity contribution < 1.29 is 0 Å². The first-order chi connectivity index (χ1) is 8.61. The van der Waals surface area contributed by atoms with Gasteiger partial charge in [-0.25, -0.2) is 4.98 Å². The predicted octanol–water partition coefficient (Wildman–Crippen LogP) is 4.77. The van der Waals surface area contributed by atoms with Gasteiger partial charge in [0, 0.05) is 10.6 Å². The minimum Gasteiger partial charge on any atom is -0.236 e. The number of rotatable bonds is 2. The van der Waals surface area contributed by atoms with Crippen molar-refractivity contribution in [2.45, 2.75) is 6.42 Å². The Labute approximate surface area is 120 Å². The molecule has 0 saturated carbocycles. The highest BCUT2D eigenvalue weighted by Crippen LogP contribution is 2.32. The van der Waals surface area contributed by atoms with E-state index < -0.39 is 0 Å². The molecule has 0 radical (unpaired) electrons. The van der Waals surface area contributed by atoms with Gasteiger partial charge in [0.15, 0.2) is 0 Å². The zero-order valence-electron chi connectivity index (χ0n) is 9.12. The van der Waals surface area contributed by atoms with Gasteiger partial charge in [0.25, 0.3) is 0 Å². The van der Waals surface area contributed by atoms with E-state index in [9.17, 15) is 0 Å². The standard InChI is InChI=1S/C13H7Cl3N2/c14-9-2-3-11(15)10(7-9)13-8(5-6-17)1-4-12(16)18-13/h1-4,7H,5H2. The first-order valence-electron chi connectivity index (χ1n) is 5.09. The Bertz CT molecular complexity index is 633. The summed E-state index contributed by atoms with van der Waals surface area (Å²) in [6.45, 7) is 0. The molecule has 0 saturated heterocycles. The van der Waals surface area contributed by atoms with Gasteiger partial charge in [-0.05, 0) is 29.8 Å². The van der Waals surface area contributed by atoms with E-state index in [1.54, 1.807) is 30.3 Å². The molecule has 0 unspecified atom stereocenters. The van der Waals surface area contributed by atoms with E-state index in [4.69, 9.17) is 40.1 Å². The number of aromatic nitrogens is 1. The van der Waals surface area contributed by atoms with Gasteiger partial charge in [0.05, 0.1) is 23.2 Å². The number of hydrogen-bond donors (Lipinski definition) is 0. The summed E-state index contributed by atoms with van der Waals surface area (Å²) < 4.78 is 0. The van der Waals surface area contributed by atoms with Gasteiger partial charge in [0.2, 0.25) is 0 Å². The summed E-state index contributed by atoms with van der Waals surface area (Å²) in [6, 6.07) is 10.6. The predicted molar refractivity (Wildman–Crippen MR) is 74.0 cm³/mol. The molecule has 2 rings (SSSR count). The average molecular weight is 298 g/mol. The Morgan fingerprint density at radius 1 is 1.11 bits per heavy atom. The summed E-state index contributed by atoms with van der Waals surface area (Å²) in [4.78, 5) is 4.24. The van der Waals surface area contributed by atoms with Crippen molar-refractivity contribution in [2.24, 2.45) is 0 Å². The van der Waals surface area contributed by atoms with Gasteiger partial charge >= 0.3 is 0 Å². The summed E-state index contributed by atoms with van der Waals surface area (Å²) in [7, 11) is 0. The highest BCUT2D eigenvalue weighted by atomic mass is 35.5. The molecule has 0 aliphatic rings. The summed E-state index contributed by atoms with van der Waals surface area (Å²) in [6.07, 6.45) is 0.238. The molecule has 0 aliphatic carbocycles. The molecule has 18 heavy (non-hydrogen) atoms. The zero-order valence-corrected chi connectivity index (χ0v) is 11.4. The second-order valence-electron chi connectivity index (χ2n) is 3.60. The molecule has 5 heteroatoms. The van der Waals surface area contributed by atoms with E-state index in [0.29, 0.717) is 26.5 Å². The molecule has 2 aromatic rings. The molecule has 1 aromatic carbocycles. The van der Waals surface area contributed by atoms with E-state index in [1.807, 2.05) is 0 Å². The fraction of sp³-hybridized carbons (Fsp3) is 0.0769. The third-order valence-corrected chi connectivity index (χ3v) is 3.17. The van der Waals surface area contributed by atoms with Gasteiger partial charge in [-0.2, -0.15) is 5.26 Å². The lowest BCUT2D eigenvalue weighted by Gasteiger charge is -2.09. The Kier molecular flexibility index (Phi) is 4.08. The molecule has 2 nitrogen and oxygen atoms in total. The highest BCUT2D eigenvalue weighted by Gasteiger charge is 2.11. The molecule has 90 valence electrons. The van der Waals surface area contributed by atoms with Crippen LogP contribution in [0.2, 0.25) is 15.2 Å². The second kappa shape index (κ2) is 5.58. The largest absolute Gasteiger partial charge is 0.236 e. The number of hydrogen-bond acceptors (Lipinski definition) is 2. The van der Waals surface area contributed by atoms with Crippen LogP contribution in [0.1, 0.15) is 5.56 Å². The summed E-state index contributed by atoms with van der Waals surface area (Å²) >= 11 is 18.0. The topological polar surface area (TPSA) is 36.7 Å². The van der Waals surface area contributed by atoms with Crippen LogP contribution in [0.4, 0.5) is 0 Å². The molecule has 0 N–H and O–H groups in total. The van der Waals surface area contributed by atoms with E-state index in [-0.39, 0.29) is 6.42 Å². The van der Waals surface area contributed by atoms with Crippen molar-refractivity contribution >= 4 is 34.8 Å². The van der Waals surface area contributed by atoms with E-state index in [1.165, 1.54) is 0 Å². The monoisotopic (exact) mass is 296 g/mol. The van der Waals surface area contributed by atoms with Crippen molar-refractivity contribution in [2.75, 3.05) is 0 Å². The van der Waals surface area contributed by atoms with E-state index in [2.05, 4.69) is 11.1 Å². The number of pyridine rings is 1. The third-order valence-electron chi connectivity index (χ3n) is 2.40. The number of halogens is 3. The molecule has 0 amide bonds. The lowest BCUT2D eigenvalue weighted by molar-refractivity contribution is 1.20. The lowest BCUT2D eigenvalue weighted by Crippen LogP contribution is -1.93. The zero-order chi connectivity index (χ0) is 13.1. The molecular weight excluding hydrogens is 291 g/mol. The van der Waals surface area contributed by atoms with Gasteiger partial charge in [-0.3, -0.25) is 0 Å². The van der Waals surface area contributed by atoms with Gasteiger partial charge < -0.3 is 0 Å². The van der Waals surface area contributed by atoms with Crippen LogP contribution in [0, 0.1) is 11.3 Å². The maximum Gasteiger partial charge on any atom is 0.129 e. The first kappa shape index (κ1) is 13.2. The first-order valence-corrected chi connectivity index (χ1v) is 6.23. The Morgan fingerprint density at radius 3 is 2.61 bits per heavy atom. The SMILES string of the molecule is N#CCc1ccc(Cl)nc1-c1cc(Cl)ccc1Cl. The molecule has 0 aliphatic heterocycles. The van der Waals surface area contributed by atoms with Gasteiger partial charge in [0.1, 0.15) is 5.15 Å². The number of nitriles is 1. The van der Waals surface area contributed by atoms with Crippen LogP contribution in [0.5, 0.6) is 0 Å². The summed E-state index contributed by atoms with van der Waals surface area (Å²) in [5, 5.41) is 10.2.